The molecule has 0 aromatic heterocycles. The molecule has 1 aliphatic heterocycles. The summed E-state index contributed by atoms with van der Waals surface area (Å²) in [5, 5.41) is 0. The maximum Gasteiger partial charge on any atom is 0.312 e. The van der Waals surface area contributed by atoms with Gasteiger partial charge in [0.1, 0.15) is 12.4 Å². The van der Waals surface area contributed by atoms with Gasteiger partial charge in [-0.2, -0.15) is 0 Å². The molecule has 25 heavy (non-hydrogen) atoms. The van der Waals surface area contributed by atoms with Crippen LogP contribution < -0.4 is 4.74 Å². The number of esters is 1. The highest BCUT2D eigenvalue weighted by Crippen LogP contribution is 2.37. The summed E-state index contributed by atoms with van der Waals surface area (Å²) in [5.74, 6) is 0.572. The molecule has 0 bridgehead atoms. The minimum atomic E-state index is -0.589. The maximum absolute atomic E-state index is 12.7. The molecule has 0 unspecified atom stereocenters. The van der Waals surface area contributed by atoms with Gasteiger partial charge in [-0.15, -0.1) is 0 Å². The molecule has 2 rings (SSSR count). The summed E-state index contributed by atoms with van der Waals surface area (Å²) in [6, 6.07) is 7.74. The van der Waals surface area contributed by atoms with Crippen LogP contribution in [0.15, 0.2) is 24.3 Å². The number of nitrogens with zero attached hydrogens (tertiary/aromatic N) is 1. The monoisotopic (exact) mass is 349 g/mol. The summed E-state index contributed by atoms with van der Waals surface area (Å²) >= 11 is 0. The van der Waals surface area contributed by atoms with Crippen LogP contribution in [-0.4, -0.2) is 57.3 Å². The Bertz CT molecular complexity index is 576. The van der Waals surface area contributed by atoms with Crippen LogP contribution in [0, 0.1) is 5.41 Å². The number of amides is 1. The summed E-state index contributed by atoms with van der Waals surface area (Å²) < 4.78 is 15.5. The van der Waals surface area contributed by atoms with E-state index in [0.717, 1.165) is 11.3 Å². The number of benzene rings is 1. The smallest absolute Gasteiger partial charge is 0.312 e. The van der Waals surface area contributed by atoms with E-state index in [4.69, 9.17) is 14.2 Å². The second kappa shape index (κ2) is 8.85. The predicted molar refractivity (Wildman–Crippen MR) is 93.5 cm³/mol. The van der Waals surface area contributed by atoms with Gasteiger partial charge in [-0.25, -0.2) is 0 Å². The Hall–Kier alpha value is -2.08. The van der Waals surface area contributed by atoms with Gasteiger partial charge >= 0.3 is 5.97 Å². The lowest BCUT2D eigenvalue weighted by molar-refractivity contribution is -0.160. The number of hydrogen-bond donors (Lipinski definition) is 0. The molecule has 0 aliphatic carbocycles. The first-order valence-corrected chi connectivity index (χ1v) is 8.61. The molecule has 1 amide bonds. The van der Waals surface area contributed by atoms with E-state index < -0.39 is 5.41 Å². The zero-order chi connectivity index (χ0) is 18.3. The highest BCUT2D eigenvalue weighted by molar-refractivity contribution is 5.80. The predicted octanol–water partition coefficient (Wildman–Crippen LogP) is 2.06. The number of hydrogen-bond acceptors (Lipinski definition) is 5. The number of likely N-dealkylation sites (tertiary alicyclic amines) is 1. The van der Waals surface area contributed by atoms with Gasteiger partial charge in [-0.3, -0.25) is 9.59 Å². The molecule has 1 heterocycles. The number of rotatable bonds is 7. The van der Waals surface area contributed by atoms with Crippen molar-refractivity contribution in [1.29, 1.82) is 0 Å². The molecule has 0 radical (unpaired) electrons. The van der Waals surface area contributed by atoms with Gasteiger partial charge in [0.15, 0.2) is 0 Å². The van der Waals surface area contributed by atoms with Crippen LogP contribution in [0.5, 0.6) is 5.75 Å². The SMILES string of the molecule is CCOC(=O)C1(Cc2ccc(OC)cc2)CCN(C(=O)COC)CC1. The molecule has 6 heteroatoms. The number of methoxy groups -OCH3 is 2. The third-order valence-electron chi connectivity index (χ3n) is 4.75. The second-order valence-corrected chi connectivity index (χ2v) is 6.34. The number of carbonyl (C=O) groups excluding carboxylic acids is 2. The highest BCUT2D eigenvalue weighted by Gasteiger charge is 2.43. The first-order chi connectivity index (χ1) is 12.0. The van der Waals surface area contributed by atoms with Crippen LogP contribution in [-0.2, 0) is 25.5 Å². The summed E-state index contributed by atoms with van der Waals surface area (Å²) in [5.41, 5.74) is 0.472. The average molecular weight is 349 g/mol. The molecule has 6 nitrogen and oxygen atoms in total. The summed E-state index contributed by atoms with van der Waals surface area (Å²) in [4.78, 5) is 26.4. The van der Waals surface area contributed by atoms with Crippen LogP contribution in [0.2, 0.25) is 0 Å². The van der Waals surface area contributed by atoms with Crippen molar-refractivity contribution in [1.82, 2.24) is 4.90 Å². The largest absolute Gasteiger partial charge is 0.497 e. The zero-order valence-corrected chi connectivity index (χ0v) is 15.2. The van der Waals surface area contributed by atoms with Crippen molar-refractivity contribution in [2.45, 2.75) is 26.2 Å². The van der Waals surface area contributed by atoms with Gasteiger partial charge in [0.2, 0.25) is 5.91 Å². The fraction of sp³-hybridized carbons (Fsp3) is 0.579. The lowest BCUT2D eigenvalue weighted by Crippen LogP contribution is -2.49. The Morgan fingerprint density at radius 1 is 1.12 bits per heavy atom. The normalized spacial score (nSPS) is 16.4. The fourth-order valence-corrected chi connectivity index (χ4v) is 3.27. The fourth-order valence-electron chi connectivity index (χ4n) is 3.27. The molecule has 138 valence electrons. The van der Waals surface area contributed by atoms with Gasteiger partial charge in [0.05, 0.1) is 19.1 Å². The van der Waals surface area contributed by atoms with E-state index in [2.05, 4.69) is 0 Å². The average Bonchev–Trinajstić information content (AvgIpc) is 2.63. The van der Waals surface area contributed by atoms with Gasteiger partial charge in [-0.05, 0) is 43.9 Å². The topological polar surface area (TPSA) is 65.1 Å². The minimum Gasteiger partial charge on any atom is -0.497 e. The number of piperidine rings is 1. The van der Waals surface area contributed by atoms with E-state index in [1.165, 1.54) is 7.11 Å². The Morgan fingerprint density at radius 3 is 2.28 bits per heavy atom. The second-order valence-electron chi connectivity index (χ2n) is 6.34. The Balaban J connectivity index is 2.13. The van der Waals surface area contributed by atoms with Crippen LogP contribution in [0.25, 0.3) is 0 Å². The van der Waals surface area contributed by atoms with Crippen molar-refractivity contribution in [3.8, 4) is 5.75 Å². The van der Waals surface area contributed by atoms with Crippen LogP contribution >= 0.6 is 0 Å². The van der Waals surface area contributed by atoms with Crippen molar-refractivity contribution < 1.29 is 23.8 Å². The van der Waals surface area contributed by atoms with Gasteiger partial charge in [-0.1, -0.05) is 12.1 Å². The molecule has 1 saturated heterocycles. The van der Waals surface area contributed by atoms with Crippen LogP contribution in [0.3, 0.4) is 0 Å². The maximum atomic E-state index is 12.7. The molecule has 1 aromatic rings. The van der Waals surface area contributed by atoms with E-state index in [1.807, 2.05) is 31.2 Å². The van der Waals surface area contributed by atoms with E-state index in [9.17, 15) is 9.59 Å². The van der Waals surface area contributed by atoms with Crippen molar-refractivity contribution in [2.24, 2.45) is 5.41 Å². The Kier molecular flexibility index (Phi) is 6.82. The van der Waals surface area contributed by atoms with E-state index in [-0.39, 0.29) is 18.5 Å². The molecule has 1 aliphatic rings. The molecule has 1 fully saturated rings. The molecule has 0 spiro atoms. The summed E-state index contributed by atoms with van der Waals surface area (Å²) in [6.07, 6.45) is 1.78. The highest BCUT2D eigenvalue weighted by atomic mass is 16.5. The Morgan fingerprint density at radius 2 is 1.76 bits per heavy atom. The Labute approximate surface area is 149 Å². The lowest BCUT2D eigenvalue weighted by Gasteiger charge is -2.40. The van der Waals surface area contributed by atoms with Crippen LogP contribution in [0.4, 0.5) is 0 Å². The van der Waals surface area contributed by atoms with Gasteiger partial charge < -0.3 is 19.1 Å². The van der Waals surface area contributed by atoms with Gasteiger partial charge in [0.25, 0.3) is 0 Å². The standard InChI is InChI=1S/C19H27NO5/c1-4-25-18(22)19(13-15-5-7-16(24-3)8-6-15)9-11-20(12-10-19)17(21)14-23-2/h5-8H,4,9-14H2,1-3H3. The molecule has 0 N–H and O–H groups in total. The molecular formula is C19H27NO5. The van der Waals surface area contributed by atoms with Crippen molar-refractivity contribution in [2.75, 3.05) is 40.5 Å². The number of carbonyl (C=O) groups is 2. The molecule has 0 atom stereocenters. The molecular weight excluding hydrogens is 322 g/mol. The summed E-state index contributed by atoms with van der Waals surface area (Å²) in [6.45, 7) is 3.32. The van der Waals surface area contributed by atoms with E-state index in [0.29, 0.717) is 39.0 Å². The third-order valence-corrected chi connectivity index (χ3v) is 4.75. The molecule has 1 aromatic carbocycles. The van der Waals surface area contributed by atoms with Crippen molar-refractivity contribution >= 4 is 11.9 Å². The summed E-state index contributed by atoms with van der Waals surface area (Å²) in [7, 11) is 3.14. The van der Waals surface area contributed by atoms with Crippen molar-refractivity contribution in [3.63, 3.8) is 0 Å². The van der Waals surface area contributed by atoms with Crippen LogP contribution in [0.1, 0.15) is 25.3 Å². The quantitative estimate of drug-likeness (QED) is 0.705. The first kappa shape index (κ1) is 19.2. The number of ether oxygens (including phenoxy) is 3. The minimum absolute atomic E-state index is 0.0376. The zero-order valence-electron chi connectivity index (χ0n) is 15.2. The third kappa shape index (κ3) is 4.72. The molecule has 0 saturated carbocycles. The first-order valence-electron chi connectivity index (χ1n) is 8.61. The van der Waals surface area contributed by atoms with E-state index >= 15 is 0 Å². The van der Waals surface area contributed by atoms with Gasteiger partial charge in [0, 0.05) is 20.2 Å². The van der Waals surface area contributed by atoms with E-state index in [1.54, 1.807) is 12.0 Å². The lowest BCUT2D eigenvalue weighted by atomic mass is 9.73. The van der Waals surface area contributed by atoms with Crippen molar-refractivity contribution in [3.05, 3.63) is 29.8 Å².